The fourth-order valence-corrected chi connectivity index (χ4v) is 1.88. The number of ether oxygens (including phenoxy) is 2. The van der Waals surface area contributed by atoms with E-state index in [-0.39, 0.29) is 6.61 Å². The number of para-hydroxylation sites is 2. The van der Waals surface area contributed by atoms with Gasteiger partial charge in [-0.25, -0.2) is 0 Å². The van der Waals surface area contributed by atoms with Gasteiger partial charge in [0.1, 0.15) is 0 Å². The topological polar surface area (TPSA) is 38.7 Å². The molecule has 3 rings (SSSR count). The summed E-state index contributed by atoms with van der Waals surface area (Å²) in [5.41, 5.74) is 0.689. The molecule has 0 unspecified atom stereocenters. The summed E-state index contributed by atoms with van der Waals surface area (Å²) >= 11 is 0. The smallest absolute Gasteiger partial charge is 0.269 e. The molecular weight excluding hydrogens is 216 g/mol. The maximum atomic E-state index is 10.4. The van der Waals surface area contributed by atoms with Crippen molar-refractivity contribution >= 4 is 0 Å². The number of benzene rings is 2. The number of hydrogen-bond donors (Lipinski definition) is 1. The normalized spacial score (nSPS) is 22.2. The molecule has 2 aromatic rings. The van der Waals surface area contributed by atoms with Crippen molar-refractivity contribution in [3.63, 3.8) is 0 Å². The van der Waals surface area contributed by atoms with Crippen LogP contribution in [0.1, 0.15) is 5.56 Å². The molecular formula is C14H12O3. The van der Waals surface area contributed by atoms with Crippen LogP contribution in [0.15, 0.2) is 54.6 Å². The van der Waals surface area contributed by atoms with Gasteiger partial charge in [-0.3, -0.25) is 0 Å². The van der Waals surface area contributed by atoms with E-state index in [0.29, 0.717) is 17.1 Å². The second-order valence-electron chi connectivity index (χ2n) is 3.99. The lowest BCUT2D eigenvalue weighted by molar-refractivity contribution is -0.182. The highest BCUT2D eigenvalue weighted by Gasteiger charge is 2.37. The third-order valence-corrected chi connectivity index (χ3v) is 2.78. The van der Waals surface area contributed by atoms with Gasteiger partial charge in [-0.2, -0.15) is 0 Å². The van der Waals surface area contributed by atoms with Crippen LogP contribution < -0.4 is 9.47 Å². The lowest BCUT2D eigenvalue weighted by Gasteiger charge is -2.34. The minimum Gasteiger partial charge on any atom is -0.482 e. The molecule has 1 aliphatic heterocycles. The van der Waals surface area contributed by atoms with Gasteiger partial charge in [0, 0.05) is 5.56 Å². The molecule has 17 heavy (non-hydrogen) atoms. The maximum absolute atomic E-state index is 10.4. The molecule has 0 aliphatic carbocycles. The standard InChI is InChI=1S/C14H12O3/c15-14(11-6-2-1-3-7-11)10-16-12-8-4-5-9-13(12)17-14/h1-9,15H,10H2/t14-/m0/s1. The SMILES string of the molecule is O[C@@]1(c2ccccc2)COc2ccccc2O1. The summed E-state index contributed by atoms with van der Waals surface area (Å²) in [6, 6.07) is 16.6. The van der Waals surface area contributed by atoms with Crippen LogP contribution in [-0.2, 0) is 5.79 Å². The van der Waals surface area contributed by atoms with Crippen molar-refractivity contribution in [3.8, 4) is 11.5 Å². The number of hydrogen-bond acceptors (Lipinski definition) is 3. The summed E-state index contributed by atoms with van der Waals surface area (Å²) in [7, 11) is 0. The minimum absolute atomic E-state index is 0.0913. The van der Waals surface area contributed by atoms with E-state index in [1.165, 1.54) is 0 Å². The fourth-order valence-electron chi connectivity index (χ4n) is 1.88. The van der Waals surface area contributed by atoms with Crippen molar-refractivity contribution in [1.82, 2.24) is 0 Å². The van der Waals surface area contributed by atoms with Gasteiger partial charge in [-0.05, 0) is 12.1 Å². The molecule has 1 atom stereocenters. The monoisotopic (exact) mass is 228 g/mol. The van der Waals surface area contributed by atoms with Crippen LogP contribution in [-0.4, -0.2) is 11.7 Å². The van der Waals surface area contributed by atoms with Gasteiger partial charge < -0.3 is 14.6 Å². The van der Waals surface area contributed by atoms with E-state index in [4.69, 9.17) is 9.47 Å². The van der Waals surface area contributed by atoms with Crippen molar-refractivity contribution in [2.75, 3.05) is 6.61 Å². The molecule has 1 heterocycles. The lowest BCUT2D eigenvalue weighted by Crippen LogP contribution is -2.41. The number of rotatable bonds is 1. The molecule has 2 aromatic carbocycles. The molecule has 0 bridgehead atoms. The van der Waals surface area contributed by atoms with Crippen molar-refractivity contribution < 1.29 is 14.6 Å². The molecule has 0 saturated heterocycles. The third kappa shape index (κ3) is 1.74. The second-order valence-corrected chi connectivity index (χ2v) is 3.99. The maximum Gasteiger partial charge on any atom is 0.269 e. The Labute approximate surface area is 99.2 Å². The first-order valence-electron chi connectivity index (χ1n) is 5.47. The molecule has 0 fully saturated rings. The predicted molar refractivity (Wildman–Crippen MR) is 62.9 cm³/mol. The molecule has 86 valence electrons. The zero-order valence-electron chi connectivity index (χ0n) is 9.17. The Morgan fingerprint density at radius 3 is 2.29 bits per heavy atom. The Morgan fingerprint density at radius 1 is 0.882 bits per heavy atom. The lowest BCUT2D eigenvalue weighted by atomic mass is 10.1. The molecule has 0 spiro atoms. The van der Waals surface area contributed by atoms with Crippen LogP contribution in [0.4, 0.5) is 0 Å². The molecule has 1 aliphatic rings. The van der Waals surface area contributed by atoms with Crippen LogP contribution in [0.2, 0.25) is 0 Å². The first-order valence-corrected chi connectivity index (χ1v) is 5.47. The van der Waals surface area contributed by atoms with Crippen LogP contribution in [0, 0.1) is 0 Å². The molecule has 1 N–H and O–H groups in total. The average Bonchev–Trinajstić information content (AvgIpc) is 2.40. The van der Waals surface area contributed by atoms with Gasteiger partial charge in [-0.1, -0.05) is 42.5 Å². The van der Waals surface area contributed by atoms with Crippen LogP contribution in [0.5, 0.6) is 11.5 Å². The van der Waals surface area contributed by atoms with Gasteiger partial charge >= 0.3 is 0 Å². The summed E-state index contributed by atoms with van der Waals surface area (Å²) < 4.78 is 11.2. The van der Waals surface area contributed by atoms with Crippen molar-refractivity contribution in [2.45, 2.75) is 5.79 Å². The minimum atomic E-state index is -1.41. The highest BCUT2D eigenvalue weighted by atomic mass is 16.7. The molecule has 0 aromatic heterocycles. The fraction of sp³-hybridized carbons (Fsp3) is 0.143. The number of fused-ring (bicyclic) bond motifs is 1. The molecule has 0 saturated carbocycles. The van der Waals surface area contributed by atoms with Gasteiger partial charge in [0.2, 0.25) is 0 Å². The quantitative estimate of drug-likeness (QED) is 0.814. The summed E-state index contributed by atoms with van der Waals surface area (Å²) in [6.45, 7) is 0.0913. The Morgan fingerprint density at radius 2 is 1.53 bits per heavy atom. The summed E-state index contributed by atoms with van der Waals surface area (Å²) in [4.78, 5) is 0. The average molecular weight is 228 g/mol. The summed E-state index contributed by atoms with van der Waals surface area (Å²) in [6.07, 6.45) is 0. The van der Waals surface area contributed by atoms with E-state index in [1.807, 2.05) is 48.5 Å². The van der Waals surface area contributed by atoms with Crippen molar-refractivity contribution in [3.05, 3.63) is 60.2 Å². The highest BCUT2D eigenvalue weighted by Crippen LogP contribution is 2.37. The van der Waals surface area contributed by atoms with Gasteiger partial charge in [0.25, 0.3) is 5.79 Å². The van der Waals surface area contributed by atoms with Gasteiger partial charge in [0.05, 0.1) is 0 Å². The van der Waals surface area contributed by atoms with E-state index in [9.17, 15) is 5.11 Å². The third-order valence-electron chi connectivity index (χ3n) is 2.78. The van der Waals surface area contributed by atoms with Crippen LogP contribution in [0.25, 0.3) is 0 Å². The van der Waals surface area contributed by atoms with Gasteiger partial charge in [-0.15, -0.1) is 0 Å². The van der Waals surface area contributed by atoms with E-state index < -0.39 is 5.79 Å². The van der Waals surface area contributed by atoms with Crippen molar-refractivity contribution in [1.29, 1.82) is 0 Å². The van der Waals surface area contributed by atoms with Gasteiger partial charge in [0.15, 0.2) is 18.1 Å². The highest BCUT2D eigenvalue weighted by molar-refractivity contribution is 5.42. The first-order chi connectivity index (χ1) is 8.28. The zero-order valence-corrected chi connectivity index (χ0v) is 9.17. The van der Waals surface area contributed by atoms with E-state index in [1.54, 1.807) is 6.07 Å². The zero-order chi connectivity index (χ0) is 11.7. The van der Waals surface area contributed by atoms with E-state index >= 15 is 0 Å². The summed E-state index contributed by atoms with van der Waals surface area (Å²) in [5.74, 6) is -0.187. The molecule has 3 heteroatoms. The van der Waals surface area contributed by atoms with Crippen LogP contribution in [0.3, 0.4) is 0 Å². The first kappa shape index (κ1) is 10.2. The largest absolute Gasteiger partial charge is 0.482 e. The van der Waals surface area contributed by atoms with Crippen LogP contribution >= 0.6 is 0 Å². The Hall–Kier alpha value is -2.00. The van der Waals surface area contributed by atoms with E-state index in [0.717, 1.165) is 0 Å². The molecule has 0 radical (unpaired) electrons. The Bertz CT molecular complexity index is 524. The van der Waals surface area contributed by atoms with E-state index in [2.05, 4.69) is 0 Å². The molecule has 3 nitrogen and oxygen atoms in total. The predicted octanol–water partition coefficient (Wildman–Crippen LogP) is 2.30. The Balaban J connectivity index is 1.98. The number of aliphatic hydroxyl groups is 1. The molecule has 0 amide bonds. The summed E-state index contributed by atoms with van der Waals surface area (Å²) in [5, 5.41) is 10.4. The van der Waals surface area contributed by atoms with Crippen molar-refractivity contribution in [2.24, 2.45) is 0 Å². The Kier molecular flexibility index (Phi) is 2.27. The second kappa shape index (κ2) is 3.79.